The van der Waals surface area contributed by atoms with Crippen molar-refractivity contribution in [2.75, 3.05) is 26.2 Å². The Morgan fingerprint density at radius 2 is 1.62 bits per heavy atom. The first kappa shape index (κ1) is 23.3. The molecule has 174 valence electrons. The number of phenolic OH excluding ortho intramolecular Hbond substituents is 1. The van der Waals surface area contributed by atoms with Crippen LogP contribution in [-0.4, -0.2) is 67.8 Å². The van der Waals surface area contributed by atoms with E-state index in [1.807, 2.05) is 0 Å². The summed E-state index contributed by atoms with van der Waals surface area (Å²) < 4.78 is 0. The molecule has 0 aliphatic carbocycles. The topological polar surface area (TPSA) is 173 Å². The van der Waals surface area contributed by atoms with Gasteiger partial charge in [-0.15, -0.1) is 0 Å². The highest BCUT2D eigenvalue weighted by molar-refractivity contribution is 5.73. The van der Waals surface area contributed by atoms with Crippen LogP contribution in [-0.2, 0) is 4.79 Å². The number of carbonyl (C=O) groups excluding carboxylic acids is 1. The first-order valence-electron chi connectivity index (χ1n) is 10.4. The predicted molar refractivity (Wildman–Crippen MR) is 111 cm³/mol. The number of piperidine rings is 3. The van der Waals surface area contributed by atoms with Crippen LogP contribution in [0.25, 0.3) is 0 Å². The molecule has 3 atom stereocenters. The van der Waals surface area contributed by atoms with Crippen LogP contribution < -0.4 is 0 Å². The molecular weight excluding hydrogens is 426 g/mol. The van der Waals surface area contributed by atoms with Crippen molar-refractivity contribution >= 4 is 23.0 Å². The maximum Gasteiger partial charge on any atom is 0.324 e. The SMILES string of the molecule is CC(=O)N1CC2CC(C1)C1CCCCN1C2.O=[N+]([O-])c1cc([N+](=O)[O-])c(O)c([N+](=O)[O-])c1. The second-order valence-electron chi connectivity index (χ2n) is 8.45. The van der Waals surface area contributed by atoms with E-state index in [-0.39, 0.29) is 5.91 Å². The fraction of sp³-hybridized carbons (Fsp3) is 0.632. The molecule has 0 radical (unpaired) electrons. The fourth-order valence-electron chi connectivity index (χ4n) is 5.00. The Balaban J connectivity index is 0.000000181. The van der Waals surface area contributed by atoms with Crippen molar-refractivity contribution in [3.63, 3.8) is 0 Å². The van der Waals surface area contributed by atoms with Crippen molar-refractivity contribution in [2.24, 2.45) is 11.8 Å². The zero-order valence-electron chi connectivity index (χ0n) is 17.6. The van der Waals surface area contributed by atoms with E-state index in [1.54, 1.807) is 6.92 Å². The molecule has 3 unspecified atom stereocenters. The molecule has 13 heteroatoms. The quantitative estimate of drug-likeness (QED) is 0.534. The maximum atomic E-state index is 11.5. The molecule has 32 heavy (non-hydrogen) atoms. The molecule has 0 aromatic heterocycles. The van der Waals surface area contributed by atoms with Gasteiger partial charge in [-0.2, -0.15) is 0 Å². The normalized spacial score (nSPS) is 24.5. The molecule has 1 amide bonds. The molecule has 3 fully saturated rings. The minimum Gasteiger partial charge on any atom is -0.497 e. The fourth-order valence-corrected chi connectivity index (χ4v) is 5.00. The Bertz CT molecular complexity index is 903. The first-order valence-corrected chi connectivity index (χ1v) is 10.4. The van der Waals surface area contributed by atoms with Crippen LogP contribution in [0.3, 0.4) is 0 Å². The molecule has 1 aromatic carbocycles. The lowest BCUT2D eigenvalue weighted by atomic mass is 9.76. The number of rotatable bonds is 3. The average Bonchev–Trinajstić information content (AvgIpc) is 2.73. The van der Waals surface area contributed by atoms with Crippen molar-refractivity contribution in [3.8, 4) is 5.75 Å². The maximum absolute atomic E-state index is 11.5. The second kappa shape index (κ2) is 9.42. The lowest BCUT2D eigenvalue weighted by molar-refractivity contribution is -0.404. The lowest BCUT2D eigenvalue weighted by Gasteiger charge is -2.52. The number of nitro benzene ring substituents is 3. The number of nitrogens with zero attached hydrogens (tertiary/aromatic N) is 5. The summed E-state index contributed by atoms with van der Waals surface area (Å²) in [4.78, 5) is 44.1. The van der Waals surface area contributed by atoms with E-state index >= 15 is 0 Å². The molecule has 1 N–H and O–H groups in total. The van der Waals surface area contributed by atoms with Crippen molar-refractivity contribution in [1.82, 2.24) is 9.80 Å². The summed E-state index contributed by atoms with van der Waals surface area (Å²) in [5.74, 6) is 0.577. The number of hydrogen-bond donors (Lipinski definition) is 1. The minimum atomic E-state index is -1.21. The van der Waals surface area contributed by atoms with Gasteiger partial charge in [0.2, 0.25) is 5.91 Å². The number of benzene rings is 1. The summed E-state index contributed by atoms with van der Waals surface area (Å²) >= 11 is 0. The van der Waals surface area contributed by atoms with Gasteiger partial charge in [-0.1, -0.05) is 6.42 Å². The summed E-state index contributed by atoms with van der Waals surface area (Å²) in [5.41, 5.74) is -3.00. The van der Waals surface area contributed by atoms with Gasteiger partial charge in [0, 0.05) is 32.6 Å². The summed E-state index contributed by atoms with van der Waals surface area (Å²) in [6.07, 6.45) is 5.50. The number of fused-ring (bicyclic) bond motifs is 4. The number of nitro groups is 3. The van der Waals surface area contributed by atoms with Gasteiger partial charge in [-0.05, 0) is 37.6 Å². The number of hydrogen-bond acceptors (Lipinski definition) is 9. The van der Waals surface area contributed by atoms with Gasteiger partial charge in [0.15, 0.2) is 0 Å². The molecule has 13 nitrogen and oxygen atoms in total. The van der Waals surface area contributed by atoms with Crippen molar-refractivity contribution in [1.29, 1.82) is 0 Å². The molecule has 1 aromatic rings. The van der Waals surface area contributed by atoms with Crippen LogP contribution in [0.2, 0.25) is 0 Å². The molecular formula is C19H25N5O8. The molecule has 3 heterocycles. The molecule has 3 aliphatic heterocycles. The van der Waals surface area contributed by atoms with E-state index in [0.29, 0.717) is 12.1 Å². The molecule has 2 bridgehead atoms. The highest BCUT2D eigenvalue weighted by Crippen LogP contribution is 2.39. The van der Waals surface area contributed by atoms with Crippen LogP contribution in [0.15, 0.2) is 12.1 Å². The monoisotopic (exact) mass is 451 g/mol. The van der Waals surface area contributed by atoms with Crippen LogP contribution in [0.1, 0.15) is 32.6 Å². The molecule has 0 saturated carbocycles. The number of amides is 1. The number of non-ortho nitro benzene ring substituents is 1. The van der Waals surface area contributed by atoms with Crippen molar-refractivity contribution in [3.05, 3.63) is 42.5 Å². The van der Waals surface area contributed by atoms with Gasteiger partial charge >= 0.3 is 11.4 Å². The second-order valence-corrected chi connectivity index (χ2v) is 8.45. The number of carbonyl (C=O) groups is 1. The Morgan fingerprint density at radius 1 is 1.00 bits per heavy atom. The molecule has 0 spiro atoms. The molecule has 3 saturated heterocycles. The van der Waals surface area contributed by atoms with Crippen LogP contribution in [0.5, 0.6) is 5.75 Å². The summed E-state index contributed by atoms with van der Waals surface area (Å²) in [6, 6.07) is 1.68. The Hall–Kier alpha value is -3.35. The summed E-state index contributed by atoms with van der Waals surface area (Å²) in [5, 5.41) is 40.2. The van der Waals surface area contributed by atoms with Crippen molar-refractivity contribution < 1.29 is 24.7 Å². The Kier molecular flexibility index (Phi) is 6.87. The number of likely N-dealkylation sites (tertiary alicyclic amines) is 1. The third-order valence-corrected chi connectivity index (χ3v) is 6.37. The zero-order valence-corrected chi connectivity index (χ0v) is 17.6. The predicted octanol–water partition coefficient (Wildman–Crippen LogP) is 2.46. The first-order chi connectivity index (χ1) is 15.1. The third-order valence-electron chi connectivity index (χ3n) is 6.37. The van der Waals surface area contributed by atoms with E-state index in [4.69, 9.17) is 5.11 Å². The van der Waals surface area contributed by atoms with Gasteiger partial charge in [-0.25, -0.2) is 0 Å². The van der Waals surface area contributed by atoms with E-state index in [1.165, 1.54) is 38.8 Å². The Morgan fingerprint density at radius 3 is 2.16 bits per heavy atom. The highest BCUT2D eigenvalue weighted by Gasteiger charge is 2.42. The van der Waals surface area contributed by atoms with E-state index in [0.717, 1.165) is 31.0 Å². The van der Waals surface area contributed by atoms with Gasteiger partial charge in [-0.3, -0.25) is 40.0 Å². The van der Waals surface area contributed by atoms with Crippen LogP contribution in [0.4, 0.5) is 17.1 Å². The van der Waals surface area contributed by atoms with E-state index in [2.05, 4.69) is 9.80 Å². The zero-order chi connectivity index (χ0) is 23.6. The minimum absolute atomic E-state index is 0.277. The largest absolute Gasteiger partial charge is 0.497 e. The van der Waals surface area contributed by atoms with Gasteiger partial charge < -0.3 is 10.0 Å². The van der Waals surface area contributed by atoms with Crippen LogP contribution in [0, 0.1) is 42.2 Å². The standard InChI is InChI=1S/C13H22N2O.C6H3N3O7/c1-10(16)15-8-11-6-12(9-15)13-4-2-3-5-14(13)7-11;10-6-4(8(13)14)1-3(7(11)12)2-5(6)9(15)16/h11-13H,2-9H2,1H3;1-2,10H. The number of phenols is 1. The number of aromatic hydroxyl groups is 1. The van der Waals surface area contributed by atoms with Crippen LogP contribution >= 0.6 is 0 Å². The molecule has 4 rings (SSSR count). The van der Waals surface area contributed by atoms with E-state index < -0.39 is 37.6 Å². The molecule has 3 aliphatic rings. The lowest BCUT2D eigenvalue weighted by Crippen LogP contribution is -2.59. The smallest absolute Gasteiger partial charge is 0.324 e. The highest BCUT2D eigenvalue weighted by atomic mass is 16.6. The van der Waals surface area contributed by atoms with Gasteiger partial charge in [0.05, 0.1) is 26.9 Å². The summed E-state index contributed by atoms with van der Waals surface area (Å²) in [6.45, 7) is 6.30. The van der Waals surface area contributed by atoms with Gasteiger partial charge in [0.1, 0.15) is 0 Å². The third kappa shape index (κ3) is 4.93. The summed E-state index contributed by atoms with van der Waals surface area (Å²) in [7, 11) is 0. The van der Waals surface area contributed by atoms with E-state index in [9.17, 15) is 35.1 Å². The van der Waals surface area contributed by atoms with Crippen molar-refractivity contribution in [2.45, 2.75) is 38.6 Å². The average molecular weight is 451 g/mol. The Labute approximate surface area is 183 Å². The van der Waals surface area contributed by atoms with Gasteiger partial charge in [0.25, 0.3) is 11.4 Å².